The highest BCUT2D eigenvalue weighted by Crippen LogP contribution is 2.37. The zero-order valence-electron chi connectivity index (χ0n) is 19.9. The summed E-state index contributed by atoms with van der Waals surface area (Å²) >= 11 is 0. The second kappa shape index (κ2) is 10.7. The number of alkyl halides is 3. The van der Waals surface area contributed by atoms with Gasteiger partial charge in [0.1, 0.15) is 0 Å². The van der Waals surface area contributed by atoms with Crippen molar-refractivity contribution in [3.8, 4) is 11.3 Å². The van der Waals surface area contributed by atoms with Crippen LogP contribution in [0.15, 0.2) is 30.3 Å². The lowest BCUT2D eigenvalue weighted by atomic mass is 9.96. The molecule has 1 aromatic carbocycles. The van der Waals surface area contributed by atoms with Gasteiger partial charge >= 0.3 is 6.18 Å². The molecule has 2 aromatic rings. The van der Waals surface area contributed by atoms with E-state index in [0.29, 0.717) is 16.8 Å². The third-order valence-electron chi connectivity index (χ3n) is 6.52. The van der Waals surface area contributed by atoms with E-state index in [1.54, 1.807) is 19.9 Å². The van der Waals surface area contributed by atoms with Crippen LogP contribution in [0.2, 0.25) is 0 Å². The van der Waals surface area contributed by atoms with Gasteiger partial charge in [-0.15, -0.1) is 0 Å². The highest BCUT2D eigenvalue weighted by Gasteiger charge is 2.34. The van der Waals surface area contributed by atoms with E-state index in [2.05, 4.69) is 29.0 Å². The Morgan fingerprint density at radius 3 is 2.45 bits per heavy atom. The van der Waals surface area contributed by atoms with Crippen molar-refractivity contribution in [1.82, 2.24) is 15.2 Å². The molecular formula is C26H34F3N3O. The van der Waals surface area contributed by atoms with Gasteiger partial charge in [-0.05, 0) is 70.0 Å². The molecular weight excluding hydrogens is 427 g/mol. The van der Waals surface area contributed by atoms with Crippen molar-refractivity contribution in [3.63, 3.8) is 0 Å². The summed E-state index contributed by atoms with van der Waals surface area (Å²) in [7, 11) is 0. The minimum absolute atomic E-state index is 0.00737. The number of benzene rings is 1. The van der Waals surface area contributed by atoms with Crippen LogP contribution in [0.4, 0.5) is 13.2 Å². The van der Waals surface area contributed by atoms with Crippen LogP contribution in [0, 0.1) is 19.8 Å². The van der Waals surface area contributed by atoms with Gasteiger partial charge in [-0.25, -0.2) is 0 Å². The van der Waals surface area contributed by atoms with Crippen molar-refractivity contribution < 1.29 is 18.0 Å². The molecule has 0 bridgehead atoms. The molecule has 2 unspecified atom stereocenters. The summed E-state index contributed by atoms with van der Waals surface area (Å²) in [6, 6.07) is 7.07. The topological polar surface area (TPSA) is 45.2 Å². The third-order valence-corrected chi connectivity index (χ3v) is 6.52. The fourth-order valence-electron chi connectivity index (χ4n) is 4.38. The Kier molecular flexibility index (Phi) is 8.16. The zero-order valence-corrected chi connectivity index (χ0v) is 19.9. The Morgan fingerprint density at radius 1 is 1.12 bits per heavy atom. The molecule has 1 aliphatic heterocycles. The Morgan fingerprint density at radius 2 is 1.82 bits per heavy atom. The van der Waals surface area contributed by atoms with Crippen molar-refractivity contribution >= 4 is 5.91 Å². The van der Waals surface area contributed by atoms with E-state index >= 15 is 0 Å². The quantitative estimate of drug-likeness (QED) is 0.549. The fraction of sp³-hybridized carbons (Fsp3) is 0.538. The SMILES string of the molecule is CCC(C)C(CN1CCCCC1)NC(=O)c1cc(C)nc(-c2cc(C)ccc2C(F)(F)F)c1. The van der Waals surface area contributed by atoms with Gasteiger partial charge in [0.25, 0.3) is 5.91 Å². The van der Waals surface area contributed by atoms with Crippen LogP contribution in [0.5, 0.6) is 0 Å². The molecule has 3 rings (SSSR count). The molecule has 1 aromatic heterocycles. The number of nitrogens with one attached hydrogen (secondary N) is 1. The first-order valence-corrected chi connectivity index (χ1v) is 11.8. The number of rotatable bonds is 7. The standard InChI is InChI=1S/C26H34F3N3O/c1-5-18(3)24(16-32-11-7-6-8-12-32)31-25(33)20-14-19(4)30-23(15-20)21-13-17(2)9-10-22(21)26(27,28)29/h9-10,13-15,18,24H,5-8,11-12,16H2,1-4H3,(H,31,33). The van der Waals surface area contributed by atoms with Crippen LogP contribution in [-0.2, 0) is 6.18 Å². The van der Waals surface area contributed by atoms with E-state index in [9.17, 15) is 18.0 Å². The Hall–Kier alpha value is -2.41. The summed E-state index contributed by atoms with van der Waals surface area (Å²) in [6.07, 6.45) is 0.0116. The number of pyridine rings is 1. The van der Waals surface area contributed by atoms with E-state index in [1.165, 1.54) is 37.5 Å². The van der Waals surface area contributed by atoms with Crippen molar-refractivity contribution in [3.05, 3.63) is 52.7 Å². The second-order valence-electron chi connectivity index (χ2n) is 9.26. The lowest BCUT2D eigenvalue weighted by Gasteiger charge is -2.33. The van der Waals surface area contributed by atoms with E-state index in [-0.39, 0.29) is 29.1 Å². The molecule has 0 radical (unpaired) electrons. The predicted octanol–water partition coefficient (Wildman–Crippen LogP) is 6.01. The lowest BCUT2D eigenvalue weighted by molar-refractivity contribution is -0.137. The normalized spacial score (nSPS) is 16.9. The van der Waals surface area contributed by atoms with Gasteiger partial charge in [-0.1, -0.05) is 38.3 Å². The van der Waals surface area contributed by atoms with Gasteiger partial charge in [0.15, 0.2) is 0 Å². The summed E-state index contributed by atoms with van der Waals surface area (Å²) in [4.78, 5) is 20.0. The molecule has 4 nitrogen and oxygen atoms in total. The van der Waals surface area contributed by atoms with Gasteiger partial charge in [-0.2, -0.15) is 13.2 Å². The summed E-state index contributed by atoms with van der Waals surface area (Å²) in [5, 5.41) is 3.16. The van der Waals surface area contributed by atoms with Gasteiger partial charge in [-0.3, -0.25) is 9.78 Å². The lowest BCUT2D eigenvalue weighted by Crippen LogP contribution is -2.48. The molecule has 7 heteroatoms. The third kappa shape index (κ3) is 6.56. The maximum Gasteiger partial charge on any atom is 0.417 e. The van der Waals surface area contributed by atoms with E-state index in [0.717, 1.165) is 32.1 Å². The summed E-state index contributed by atoms with van der Waals surface area (Å²) < 4.78 is 40.9. The zero-order chi connectivity index (χ0) is 24.2. The number of piperidine rings is 1. The summed E-state index contributed by atoms with van der Waals surface area (Å²) in [5.74, 6) is 0.0113. The van der Waals surface area contributed by atoms with E-state index in [1.807, 2.05) is 0 Å². The molecule has 0 saturated carbocycles. The maximum atomic E-state index is 13.6. The molecule has 180 valence electrons. The average molecular weight is 462 g/mol. The highest BCUT2D eigenvalue weighted by molar-refractivity contribution is 5.95. The van der Waals surface area contributed by atoms with Crippen LogP contribution in [0.1, 0.15) is 66.7 Å². The number of carbonyl (C=O) groups is 1. The monoisotopic (exact) mass is 461 g/mol. The number of nitrogens with zero attached hydrogens (tertiary/aromatic N) is 2. The number of hydrogen-bond acceptors (Lipinski definition) is 3. The van der Waals surface area contributed by atoms with Crippen LogP contribution >= 0.6 is 0 Å². The van der Waals surface area contributed by atoms with Gasteiger partial charge in [0.05, 0.1) is 11.3 Å². The Balaban J connectivity index is 1.89. The van der Waals surface area contributed by atoms with E-state index < -0.39 is 11.7 Å². The smallest absolute Gasteiger partial charge is 0.348 e. The minimum Gasteiger partial charge on any atom is -0.348 e. The molecule has 2 atom stereocenters. The molecule has 2 heterocycles. The summed E-state index contributed by atoms with van der Waals surface area (Å²) in [5.41, 5.74) is 0.938. The predicted molar refractivity (Wildman–Crippen MR) is 125 cm³/mol. The Labute approximate surface area is 194 Å². The number of hydrogen-bond donors (Lipinski definition) is 1. The van der Waals surface area contributed by atoms with Crippen LogP contribution in [0.3, 0.4) is 0 Å². The molecule has 1 amide bonds. The van der Waals surface area contributed by atoms with Crippen LogP contribution < -0.4 is 5.32 Å². The molecule has 0 aliphatic carbocycles. The number of aromatic nitrogens is 1. The Bertz CT molecular complexity index is 968. The largest absolute Gasteiger partial charge is 0.417 e. The van der Waals surface area contributed by atoms with Gasteiger partial charge in [0, 0.05) is 29.4 Å². The van der Waals surface area contributed by atoms with Gasteiger partial charge in [0.2, 0.25) is 0 Å². The van der Waals surface area contributed by atoms with E-state index in [4.69, 9.17) is 0 Å². The first kappa shape index (κ1) is 25.2. The molecule has 33 heavy (non-hydrogen) atoms. The molecule has 1 N–H and O–H groups in total. The number of halogens is 3. The first-order valence-electron chi connectivity index (χ1n) is 11.8. The van der Waals surface area contributed by atoms with Crippen molar-refractivity contribution in [2.45, 2.75) is 65.6 Å². The minimum atomic E-state index is -4.51. The molecule has 1 saturated heterocycles. The number of likely N-dealkylation sites (tertiary alicyclic amines) is 1. The highest BCUT2D eigenvalue weighted by atomic mass is 19.4. The number of carbonyl (C=O) groups excluding carboxylic acids is 1. The molecule has 1 fully saturated rings. The fourth-order valence-corrected chi connectivity index (χ4v) is 4.38. The molecule has 1 aliphatic rings. The summed E-state index contributed by atoms with van der Waals surface area (Å²) in [6.45, 7) is 10.5. The van der Waals surface area contributed by atoms with Crippen molar-refractivity contribution in [2.75, 3.05) is 19.6 Å². The second-order valence-corrected chi connectivity index (χ2v) is 9.26. The van der Waals surface area contributed by atoms with Crippen molar-refractivity contribution in [2.24, 2.45) is 5.92 Å². The van der Waals surface area contributed by atoms with Crippen LogP contribution in [0.25, 0.3) is 11.3 Å². The van der Waals surface area contributed by atoms with Crippen LogP contribution in [-0.4, -0.2) is 41.5 Å². The first-order chi connectivity index (χ1) is 15.6. The number of amides is 1. The molecule has 0 spiro atoms. The average Bonchev–Trinajstić information content (AvgIpc) is 2.77. The maximum absolute atomic E-state index is 13.6. The van der Waals surface area contributed by atoms with Gasteiger partial charge < -0.3 is 10.2 Å². The van der Waals surface area contributed by atoms with Crippen molar-refractivity contribution in [1.29, 1.82) is 0 Å². The number of aryl methyl sites for hydroxylation is 2.